The fourth-order valence-corrected chi connectivity index (χ4v) is 1.73. The minimum Gasteiger partial charge on any atom is -0.298 e. The van der Waals surface area contributed by atoms with Crippen LogP contribution in [0.4, 0.5) is 0 Å². The van der Waals surface area contributed by atoms with Crippen molar-refractivity contribution in [1.29, 1.82) is 0 Å². The average Bonchev–Trinajstić information content (AvgIpc) is 2.55. The molecule has 0 spiro atoms. The lowest BCUT2D eigenvalue weighted by Crippen LogP contribution is -2.33. The third-order valence-corrected chi connectivity index (χ3v) is 2.18. The van der Waals surface area contributed by atoms with Crippen molar-refractivity contribution in [2.45, 2.75) is 33.4 Å². The first-order valence-corrected chi connectivity index (χ1v) is 4.98. The molecule has 3 nitrogen and oxygen atoms in total. The topological polar surface area (TPSA) is 21.1 Å². The number of fused-ring (bicyclic) bond motifs is 1. The van der Waals surface area contributed by atoms with Crippen LogP contribution in [0.25, 0.3) is 0 Å². The predicted molar refractivity (Wildman–Crippen MR) is 54.6 cm³/mol. The van der Waals surface area contributed by atoms with Crippen molar-refractivity contribution in [3.05, 3.63) is 18.0 Å². The largest absolute Gasteiger partial charge is 0.298 e. The summed E-state index contributed by atoms with van der Waals surface area (Å²) in [5, 5.41) is 4.26. The van der Waals surface area contributed by atoms with Gasteiger partial charge in [-0.05, 0) is 20.0 Å². The van der Waals surface area contributed by atoms with E-state index in [1.54, 1.807) is 0 Å². The van der Waals surface area contributed by atoms with Crippen LogP contribution < -0.4 is 0 Å². The number of hydrogen-bond donors (Lipinski definition) is 0. The van der Waals surface area contributed by atoms with Crippen LogP contribution in [-0.2, 0) is 6.54 Å². The summed E-state index contributed by atoms with van der Waals surface area (Å²) in [6.45, 7) is 8.34. The van der Waals surface area contributed by atoms with Crippen LogP contribution in [0.15, 0.2) is 12.3 Å². The molecule has 1 aromatic rings. The van der Waals surface area contributed by atoms with Crippen LogP contribution in [0.3, 0.4) is 0 Å². The SMILES string of the molecule is CC.CC1CN(C)Cc2ccnn21. The van der Waals surface area contributed by atoms with Crippen molar-refractivity contribution in [3.8, 4) is 0 Å². The lowest BCUT2D eigenvalue weighted by molar-refractivity contribution is 0.220. The average molecular weight is 181 g/mol. The fraction of sp³-hybridized carbons (Fsp3) is 0.700. The van der Waals surface area contributed by atoms with Gasteiger partial charge in [0.2, 0.25) is 0 Å². The minimum absolute atomic E-state index is 0.527. The molecule has 74 valence electrons. The Kier molecular flexibility index (Phi) is 3.48. The van der Waals surface area contributed by atoms with Crippen molar-refractivity contribution >= 4 is 0 Å². The Balaban J connectivity index is 0.000000396. The molecule has 0 N–H and O–H groups in total. The summed E-state index contributed by atoms with van der Waals surface area (Å²) in [7, 11) is 2.15. The number of hydrogen-bond acceptors (Lipinski definition) is 2. The Labute approximate surface area is 80.4 Å². The zero-order valence-electron chi connectivity index (χ0n) is 8.99. The van der Waals surface area contributed by atoms with Crippen LogP contribution in [-0.4, -0.2) is 28.3 Å². The molecule has 0 aromatic carbocycles. The molecule has 0 radical (unpaired) electrons. The van der Waals surface area contributed by atoms with Gasteiger partial charge in [-0.25, -0.2) is 0 Å². The highest BCUT2D eigenvalue weighted by molar-refractivity contribution is 5.04. The Bertz CT molecular complexity index is 254. The van der Waals surface area contributed by atoms with E-state index in [-0.39, 0.29) is 0 Å². The molecule has 0 fully saturated rings. The van der Waals surface area contributed by atoms with Crippen LogP contribution in [0.2, 0.25) is 0 Å². The highest BCUT2D eigenvalue weighted by atomic mass is 15.3. The zero-order chi connectivity index (χ0) is 9.84. The van der Waals surface area contributed by atoms with E-state index in [9.17, 15) is 0 Å². The van der Waals surface area contributed by atoms with Gasteiger partial charge in [-0.3, -0.25) is 9.58 Å². The first-order valence-electron chi connectivity index (χ1n) is 4.98. The molecule has 0 amide bonds. The van der Waals surface area contributed by atoms with Crippen molar-refractivity contribution in [3.63, 3.8) is 0 Å². The third kappa shape index (κ3) is 2.10. The van der Waals surface area contributed by atoms with Gasteiger partial charge in [0.1, 0.15) is 0 Å². The number of aromatic nitrogens is 2. The van der Waals surface area contributed by atoms with Gasteiger partial charge in [0.15, 0.2) is 0 Å². The van der Waals surface area contributed by atoms with Gasteiger partial charge in [0, 0.05) is 19.3 Å². The van der Waals surface area contributed by atoms with Crippen molar-refractivity contribution in [2.75, 3.05) is 13.6 Å². The first kappa shape index (κ1) is 10.3. The van der Waals surface area contributed by atoms with Gasteiger partial charge < -0.3 is 0 Å². The summed E-state index contributed by atoms with van der Waals surface area (Å²) in [6.07, 6.45) is 1.88. The molecule has 0 aliphatic carbocycles. The molecular weight excluding hydrogens is 162 g/mol. The summed E-state index contributed by atoms with van der Waals surface area (Å²) < 4.78 is 2.11. The zero-order valence-corrected chi connectivity index (χ0v) is 8.99. The Morgan fingerprint density at radius 3 is 2.85 bits per heavy atom. The molecule has 0 saturated heterocycles. The molecule has 1 aliphatic heterocycles. The summed E-state index contributed by atoms with van der Waals surface area (Å²) in [4.78, 5) is 2.32. The van der Waals surface area contributed by atoms with Crippen LogP contribution >= 0.6 is 0 Å². The summed E-state index contributed by atoms with van der Waals surface area (Å²) in [6, 6.07) is 2.62. The van der Waals surface area contributed by atoms with Crippen molar-refractivity contribution in [2.24, 2.45) is 0 Å². The Morgan fingerprint density at radius 1 is 1.46 bits per heavy atom. The van der Waals surface area contributed by atoms with Crippen LogP contribution in [0, 0.1) is 0 Å². The molecule has 0 bridgehead atoms. The number of likely N-dealkylation sites (N-methyl/N-ethyl adjacent to an activating group) is 1. The van der Waals surface area contributed by atoms with Crippen molar-refractivity contribution < 1.29 is 0 Å². The minimum atomic E-state index is 0.527. The van der Waals surface area contributed by atoms with Crippen LogP contribution in [0.5, 0.6) is 0 Å². The van der Waals surface area contributed by atoms with E-state index in [0.29, 0.717) is 6.04 Å². The van der Waals surface area contributed by atoms with E-state index >= 15 is 0 Å². The van der Waals surface area contributed by atoms with Gasteiger partial charge in [0.05, 0.1) is 11.7 Å². The molecule has 1 unspecified atom stereocenters. The van der Waals surface area contributed by atoms with E-state index in [2.05, 4.69) is 34.7 Å². The first-order chi connectivity index (χ1) is 6.27. The second-order valence-corrected chi connectivity index (χ2v) is 3.31. The predicted octanol–water partition coefficient (Wildman–Crippen LogP) is 1.92. The molecule has 0 saturated carbocycles. The molecule has 2 rings (SSSR count). The lowest BCUT2D eigenvalue weighted by Gasteiger charge is -2.28. The highest BCUT2D eigenvalue weighted by Crippen LogP contribution is 2.17. The maximum absolute atomic E-state index is 4.26. The monoisotopic (exact) mass is 181 g/mol. The fourth-order valence-electron chi connectivity index (χ4n) is 1.73. The molecule has 1 aromatic heterocycles. The second-order valence-electron chi connectivity index (χ2n) is 3.31. The molecular formula is C10H19N3. The Hall–Kier alpha value is -0.830. The maximum Gasteiger partial charge on any atom is 0.0621 e. The van der Waals surface area contributed by atoms with Gasteiger partial charge >= 0.3 is 0 Å². The molecule has 2 heterocycles. The van der Waals surface area contributed by atoms with E-state index < -0.39 is 0 Å². The number of rotatable bonds is 0. The summed E-state index contributed by atoms with van der Waals surface area (Å²) >= 11 is 0. The van der Waals surface area contributed by atoms with E-state index in [0.717, 1.165) is 13.1 Å². The Morgan fingerprint density at radius 2 is 2.15 bits per heavy atom. The molecule has 3 heteroatoms. The third-order valence-electron chi connectivity index (χ3n) is 2.18. The van der Waals surface area contributed by atoms with Crippen molar-refractivity contribution in [1.82, 2.24) is 14.7 Å². The molecule has 13 heavy (non-hydrogen) atoms. The van der Waals surface area contributed by atoms with E-state index in [1.807, 2.05) is 20.0 Å². The summed E-state index contributed by atoms with van der Waals surface area (Å²) in [5.41, 5.74) is 1.33. The van der Waals surface area contributed by atoms with Crippen LogP contribution in [0.1, 0.15) is 32.5 Å². The van der Waals surface area contributed by atoms with E-state index in [4.69, 9.17) is 0 Å². The molecule has 1 aliphatic rings. The normalized spacial score (nSPS) is 21.7. The lowest BCUT2D eigenvalue weighted by atomic mass is 10.2. The summed E-state index contributed by atoms with van der Waals surface area (Å²) in [5.74, 6) is 0. The quantitative estimate of drug-likeness (QED) is 0.609. The maximum atomic E-state index is 4.26. The van der Waals surface area contributed by atoms with Gasteiger partial charge in [0.25, 0.3) is 0 Å². The van der Waals surface area contributed by atoms with Gasteiger partial charge in [-0.15, -0.1) is 0 Å². The smallest absolute Gasteiger partial charge is 0.0621 e. The van der Waals surface area contributed by atoms with Gasteiger partial charge in [-0.2, -0.15) is 5.10 Å². The highest BCUT2D eigenvalue weighted by Gasteiger charge is 2.18. The van der Waals surface area contributed by atoms with Gasteiger partial charge in [-0.1, -0.05) is 13.8 Å². The second kappa shape index (κ2) is 4.42. The standard InChI is InChI=1S/C8H13N3.C2H6/c1-7-5-10(2)6-8-3-4-9-11(7)8;1-2/h3-4,7H,5-6H2,1-2H3;1-2H3. The van der Waals surface area contributed by atoms with E-state index in [1.165, 1.54) is 5.69 Å². The molecule has 1 atom stereocenters. The number of nitrogens with zero attached hydrogens (tertiary/aromatic N) is 3.